The van der Waals surface area contributed by atoms with Crippen LogP contribution in [0.1, 0.15) is 12.0 Å². The second-order valence-corrected chi connectivity index (χ2v) is 9.03. The molecule has 2 rings (SSSR count). The molecule has 0 saturated heterocycles. The van der Waals surface area contributed by atoms with Crippen LogP contribution in [-0.2, 0) is 26.1 Å². The summed E-state index contributed by atoms with van der Waals surface area (Å²) in [6, 6.07) is 5.97. The number of thiazole rings is 1. The quantitative estimate of drug-likeness (QED) is 0.261. The number of benzene rings is 1. The van der Waals surface area contributed by atoms with E-state index in [-0.39, 0.29) is 6.42 Å². The standard InChI is InChI=1S/C19H28N4O5S2/c1-16-15-17(22(8-11-27-2)9-12-28-3)5-6-18(16)20-21-19-23(10-13-29-19)7-4-14-30(24,25)26/h5-6,10,13,15H,4,7-9,11-12,14H2,1-3H3. The molecule has 0 N–H and O–H groups in total. The van der Waals surface area contributed by atoms with Gasteiger partial charge >= 0.3 is 5.13 Å². The summed E-state index contributed by atoms with van der Waals surface area (Å²) in [5.74, 6) is -0.393. The maximum absolute atomic E-state index is 10.8. The lowest BCUT2D eigenvalue weighted by atomic mass is 10.1. The number of anilines is 1. The Balaban J connectivity index is 2.08. The van der Waals surface area contributed by atoms with E-state index in [1.807, 2.05) is 24.4 Å². The van der Waals surface area contributed by atoms with E-state index in [2.05, 4.69) is 21.2 Å². The number of methoxy groups -OCH3 is 2. The minimum absolute atomic E-state index is 0.238. The van der Waals surface area contributed by atoms with Gasteiger partial charge in [-0.15, -0.1) is 0 Å². The maximum Gasteiger partial charge on any atom is 0.408 e. The largest absolute Gasteiger partial charge is 0.748 e. The molecule has 1 aromatic carbocycles. The summed E-state index contributed by atoms with van der Waals surface area (Å²) in [4.78, 5) is 2.19. The van der Waals surface area contributed by atoms with Crippen molar-refractivity contribution in [2.75, 3.05) is 51.2 Å². The van der Waals surface area contributed by atoms with E-state index in [1.165, 1.54) is 11.3 Å². The fourth-order valence-electron chi connectivity index (χ4n) is 2.78. The van der Waals surface area contributed by atoms with E-state index in [0.29, 0.717) is 24.9 Å². The number of aryl methyl sites for hydroxylation is 2. The Hall–Kier alpha value is -1.92. The summed E-state index contributed by atoms with van der Waals surface area (Å²) in [5.41, 5.74) is 2.79. The monoisotopic (exact) mass is 456 g/mol. The highest BCUT2D eigenvalue weighted by Gasteiger charge is 2.13. The molecule has 30 heavy (non-hydrogen) atoms. The number of aromatic nitrogens is 1. The van der Waals surface area contributed by atoms with Crippen molar-refractivity contribution in [2.24, 2.45) is 10.2 Å². The van der Waals surface area contributed by atoms with Gasteiger partial charge < -0.3 is 18.9 Å². The molecule has 0 aliphatic rings. The summed E-state index contributed by atoms with van der Waals surface area (Å²) >= 11 is 1.40. The van der Waals surface area contributed by atoms with E-state index in [9.17, 15) is 13.0 Å². The molecular formula is C19H28N4O5S2. The average molecular weight is 457 g/mol. The van der Waals surface area contributed by atoms with E-state index in [0.717, 1.165) is 30.0 Å². The number of rotatable bonds is 13. The second-order valence-electron chi connectivity index (χ2n) is 6.64. The van der Waals surface area contributed by atoms with Gasteiger partial charge in [0, 0.05) is 44.1 Å². The Morgan fingerprint density at radius 1 is 1.17 bits per heavy atom. The molecule has 0 aliphatic heterocycles. The Morgan fingerprint density at radius 3 is 2.47 bits per heavy atom. The summed E-state index contributed by atoms with van der Waals surface area (Å²) < 4.78 is 44.5. The van der Waals surface area contributed by atoms with Crippen molar-refractivity contribution in [1.29, 1.82) is 0 Å². The lowest BCUT2D eigenvalue weighted by Gasteiger charge is -2.24. The molecule has 0 spiro atoms. The highest BCUT2D eigenvalue weighted by atomic mass is 32.2. The van der Waals surface area contributed by atoms with Crippen molar-refractivity contribution in [3.63, 3.8) is 0 Å². The van der Waals surface area contributed by atoms with Gasteiger partial charge in [-0.05, 0) is 53.6 Å². The fourth-order valence-corrected chi connectivity index (χ4v) is 3.96. The highest BCUT2D eigenvalue weighted by molar-refractivity contribution is 7.85. The number of hydrogen-bond acceptors (Lipinski definition) is 9. The molecule has 0 amide bonds. The van der Waals surface area contributed by atoms with E-state index in [4.69, 9.17) is 9.47 Å². The third-order valence-corrected chi connectivity index (χ3v) is 5.95. The van der Waals surface area contributed by atoms with Gasteiger partial charge in [0.2, 0.25) is 0 Å². The van der Waals surface area contributed by atoms with Gasteiger partial charge in [0.15, 0.2) is 0 Å². The maximum atomic E-state index is 10.8. The zero-order valence-electron chi connectivity index (χ0n) is 17.5. The zero-order chi connectivity index (χ0) is 22.0. The molecular weight excluding hydrogens is 428 g/mol. The van der Waals surface area contributed by atoms with Gasteiger partial charge in [-0.25, -0.2) is 13.0 Å². The lowest BCUT2D eigenvalue weighted by molar-refractivity contribution is -0.680. The predicted octanol–water partition coefficient (Wildman–Crippen LogP) is 2.79. The van der Waals surface area contributed by atoms with Gasteiger partial charge in [0.25, 0.3) is 0 Å². The van der Waals surface area contributed by atoms with Crippen LogP contribution in [0, 0.1) is 6.92 Å². The molecule has 1 heterocycles. The van der Waals surface area contributed by atoms with Crippen molar-refractivity contribution in [2.45, 2.75) is 19.9 Å². The van der Waals surface area contributed by atoms with Crippen molar-refractivity contribution in [3.8, 4) is 0 Å². The van der Waals surface area contributed by atoms with Crippen molar-refractivity contribution < 1.29 is 27.0 Å². The Morgan fingerprint density at radius 2 is 1.87 bits per heavy atom. The minimum atomic E-state index is -4.21. The molecule has 0 unspecified atom stereocenters. The average Bonchev–Trinajstić information content (AvgIpc) is 3.13. The van der Waals surface area contributed by atoms with Crippen LogP contribution >= 0.6 is 11.3 Å². The number of azo groups is 1. The van der Waals surface area contributed by atoms with Crippen molar-refractivity contribution >= 4 is 38.0 Å². The van der Waals surface area contributed by atoms with E-state index < -0.39 is 15.9 Å². The van der Waals surface area contributed by atoms with Gasteiger partial charge in [-0.3, -0.25) is 0 Å². The highest BCUT2D eigenvalue weighted by Crippen LogP contribution is 2.27. The van der Waals surface area contributed by atoms with Gasteiger partial charge in [0.05, 0.1) is 35.0 Å². The molecule has 0 bridgehead atoms. The second kappa shape index (κ2) is 12.1. The van der Waals surface area contributed by atoms with Crippen molar-refractivity contribution in [3.05, 3.63) is 35.3 Å². The van der Waals surface area contributed by atoms with Gasteiger partial charge in [-0.2, -0.15) is 0 Å². The van der Waals surface area contributed by atoms with Crippen molar-refractivity contribution in [1.82, 2.24) is 0 Å². The summed E-state index contributed by atoms with van der Waals surface area (Å²) in [6.07, 6.45) is 2.04. The van der Waals surface area contributed by atoms with Crippen LogP contribution in [0.2, 0.25) is 0 Å². The molecule has 9 nitrogen and oxygen atoms in total. The molecule has 0 fully saturated rings. The number of nitrogens with zero attached hydrogens (tertiary/aromatic N) is 4. The molecule has 2 aromatic rings. The first-order valence-electron chi connectivity index (χ1n) is 9.50. The Labute approximate surface area is 181 Å². The summed E-state index contributed by atoms with van der Waals surface area (Å²) in [5, 5.41) is 11.2. The third kappa shape index (κ3) is 8.07. The van der Waals surface area contributed by atoms with E-state index in [1.54, 1.807) is 25.0 Å². The van der Waals surface area contributed by atoms with Gasteiger partial charge in [-0.1, -0.05) is 0 Å². The summed E-state index contributed by atoms with van der Waals surface area (Å²) in [7, 11) is -0.847. The van der Waals surface area contributed by atoms with E-state index >= 15 is 0 Å². The SMILES string of the molecule is COCCN(CCOC)c1ccc(N=Nc2scc[n+]2CCCS(=O)(=O)[O-])c(C)c1. The Kier molecular flexibility index (Phi) is 9.79. The summed E-state index contributed by atoms with van der Waals surface area (Å²) in [6.45, 7) is 5.13. The molecule has 11 heteroatoms. The molecule has 0 radical (unpaired) electrons. The zero-order valence-corrected chi connectivity index (χ0v) is 19.1. The lowest BCUT2D eigenvalue weighted by Crippen LogP contribution is -2.32. The fraction of sp³-hybridized carbons (Fsp3) is 0.526. The van der Waals surface area contributed by atoms with Crippen LogP contribution < -0.4 is 9.47 Å². The first-order chi connectivity index (χ1) is 14.3. The number of hydrogen-bond donors (Lipinski definition) is 0. The van der Waals surface area contributed by atoms with Crippen LogP contribution in [0.5, 0.6) is 0 Å². The molecule has 1 aromatic heterocycles. The predicted molar refractivity (Wildman–Crippen MR) is 115 cm³/mol. The first-order valence-corrected chi connectivity index (χ1v) is 12.0. The molecule has 0 aliphatic carbocycles. The molecule has 0 saturated carbocycles. The topological polar surface area (TPSA) is 108 Å². The van der Waals surface area contributed by atoms with Gasteiger partial charge in [0.1, 0.15) is 11.9 Å². The molecule has 0 atom stereocenters. The van der Waals surface area contributed by atoms with Crippen LogP contribution in [0.3, 0.4) is 0 Å². The van der Waals surface area contributed by atoms with Crippen LogP contribution in [0.4, 0.5) is 16.5 Å². The third-order valence-electron chi connectivity index (χ3n) is 4.37. The normalized spacial score (nSPS) is 12.0. The van der Waals surface area contributed by atoms with Crippen LogP contribution in [0.25, 0.3) is 0 Å². The van der Waals surface area contributed by atoms with Crippen LogP contribution in [0.15, 0.2) is 40.0 Å². The Bertz CT molecular complexity index is 923. The number of ether oxygens (including phenoxy) is 2. The smallest absolute Gasteiger partial charge is 0.408 e. The minimum Gasteiger partial charge on any atom is -0.748 e. The first kappa shape index (κ1) is 24.4. The van der Waals surface area contributed by atoms with Crippen LogP contribution in [-0.4, -0.2) is 59.2 Å². The molecule has 166 valence electrons.